The minimum absolute atomic E-state index is 0.153. The van der Waals surface area contributed by atoms with Crippen LogP contribution < -0.4 is 5.32 Å². The van der Waals surface area contributed by atoms with Crippen molar-refractivity contribution in [3.8, 4) is 0 Å². The van der Waals surface area contributed by atoms with Crippen molar-refractivity contribution in [1.29, 1.82) is 0 Å². The average molecular weight is 221 g/mol. The first-order chi connectivity index (χ1) is 7.72. The highest BCUT2D eigenvalue weighted by molar-refractivity contribution is 5.62. The van der Waals surface area contributed by atoms with Crippen LogP contribution in [0.2, 0.25) is 0 Å². The number of rotatable bonds is 4. The van der Waals surface area contributed by atoms with Gasteiger partial charge in [0, 0.05) is 25.0 Å². The van der Waals surface area contributed by atoms with Gasteiger partial charge in [-0.15, -0.1) is 10.2 Å². The molecule has 0 saturated heterocycles. The van der Waals surface area contributed by atoms with Gasteiger partial charge in [-0.1, -0.05) is 0 Å². The first-order valence-electron chi connectivity index (χ1n) is 5.26. The van der Waals surface area contributed by atoms with E-state index >= 15 is 0 Å². The van der Waals surface area contributed by atoms with Gasteiger partial charge in [0.15, 0.2) is 5.82 Å². The highest BCUT2D eigenvalue weighted by atomic mass is 16.3. The summed E-state index contributed by atoms with van der Waals surface area (Å²) in [6.45, 7) is 4.04. The molecule has 0 aromatic carbocycles. The third kappa shape index (κ3) is 1.96. The summed E-state index contributed by atoms with van der Waals surface area (Å²) >= 11 is 0. The third-order valence-electron chi connectivity index (χ3n) is 2.44. The maximum absolute atomic E-state index is 8.84. The molecule has 2 aromatic rings. The predicted molar refractivity (Wildman–Crippen MR) is 60.3 cm³/mol. The van der Waals surface area contributed by atoms with Gasteiger partial charge in [-0.3, -0.25) is 4.40 Å². The molecule has 2 N–H and O–H groups in total. The van der Waals surface area contributed by atoms with Crippen LogP contribution in [0.4, 0.5) is 5.82 Å². The smallest absolute Gasteiger partial charge is 0.203 e. The summed E-state index contributed by atoms with van der Waals surface area (Å²) < 4.78 is 1.88. The Balaban J connectivity index is 2.30. The second kappa shape index (κ2) is 4.44. The van der Waals surface area contributed by atoms with E-state index in [1.165, 1.54) is 0 Å². The molecule has 0 bridgehead atoms. The van der Waals surface area contributed by atoms with Crippen LogP contribution in [0, 0.1) is 6.92 Å². The molecule has 6 heteroatoms. The van der Waals surface area contributed by atoms with Crippen LogP contribution in [0.15, 0.2) is 12.4 Å². The first kappa shape index (κ1) is 10.8. The van der Waals surface area contributed by atoms with Crippen molar-refractivity contribution < 1.29 is 5.11 Å². The van der Waals surface area contributed by atoms with E-state index in [9.17, 15) is 0 Å². The number of nitrogens with one attached hydrogen (secondary N) is 1. The molecule has 6 nitrogen and oxygen atoms in total. The number of aryl methyl sites for hydroxylation is 1. The van der Waals surface area contributed by atoms with Crippen molar-refractivity contribution in [2.24, 2.45) is 0 Å². The van der Waals surface area contributed by atoms with Crippen molar-refractivity contribution >= 4 is 11.5 Å². The first-order valence-corrected chi connectivity index (χ1v) is 5.26. The van der Waals surface area contributed by atoms with Gasteiger partial charge in [0.1, 0.15) is 5.82 Å². The van der Waals surface area contributed by atoms with Crippen LogP contribution in [0.5, 0.6) is 0 Å². The van der Waals surface area contributed by atoms with E-state index in [1.54, 1.807) is 6.20 Å². The van der Waals surface area contributed by atoms with Crippen molar-refractivity contribution in [2.75, 3.05) is 11.9 Å². The Kier molecular flexibility index (Phi) is 3.00. The van der Waals surface area contributed by atoms with Gasteiger partial charge in [0.2, 0.25) is 5.65 Å². The standard InChI is InChI=1S/C10H15N5O/c1-7(3-6-16)12-9-10-14-13-8(2)15(10)5-4-11-9/h4-5,7,16H,3,6H2,1-2H3,(H,11,12). The Morgan fingerprint density at radius 3 is 3.06 bits per heavy atom. The molecular weight excluding hydrogens is 206 g/mol. The van der Waals surface area contributed by atoms with Gasteiger partial charge in [0.25, 0.3) is 0 Å². The second-order valence-corrected chi connectivity index (χ2v) is 3.77. The summed E-state index contributed by atoms with van der Waals surface area (Å²) in [6.07, 6.45) is 4.21. The molecule has 0 fully saturated rings. The Morgan fingerprint density at radius 2 is 2.31 bits per heavy atom. The van der Waals surface area contributed by atoms with E-state index < -0.39 is 0 Å². The number of aromatic nitrogens is 4. The molecule has 2 rings (SSSR count). The number of anilines is 1. The van der Waals surface area contributed by atoms with Crippen molar-refractivity contribution in [1.82, 2.24) is 19.6 Å². The topological polar surface area (TPSA) is 75.3 Å². The van der Waals surface area contributed by atoms with E-state index in [0.717, 1.165) is 5.82 Å². The van der Waals surface area contributed by atoms with Crippen molar-refractivity contribution in [2.45, 2.75) is 26.3 Å². The number of fused-ring (bicyclic) bond motifs is 1. The zero-order chi connectivity index (χ0) is 11.5. The van der Waals surface area contributed by atoms with E-state index in [1.807, 2.05) is 24.4 Å². The summed E-state index contributed by atoms with van der Waals surface area (Å²) in [5.41, 5.74) is 0.713. The Bertz CT molecular complexity index is 481. The van der Waals surface area contributed by atoms with Crippen LogP contribution in [0.1, 0.15) is 19.2 Å². The van der Waals surface area contributed by atoms with E-state index in [0.29, 0.717) is 17.9 Å². The van der Waals surface area contributed by atoms with Crippen LogP contribution in [-0.4, -0.2) is 37.3 Å². The molecule has 0 amide bonds. The summed E-state index contributed by atoms with van der Waals surface area (Å²) in [7, 11) is 0. The number of hydrogen-bond donors (Lipinski definition) is 2. The summed E-state index contributed by atoms with van der Waals surface area (Å²) in [6, 6.07) is 0.153. The summed E-state index contributed by atoms with van der Waals surface area (Å²) in [5, 5.41) is 20.1. The number of nitrogens with zero attached hydrogens (tertiary/aromatic N) is 4. The Labute approximate surface area is 93.3 Å². The molecule has 2 heterocycles. The van der Waals surface area contributed by atoms with Crippen LogP contribution >= 0.6 is 0 Å². The molecule has 0 aliphatic rings. The van der Waals surface area contributed by atoms with Gasteiger partial charge < -0.3 is 10.4 Å². The highest BCUT2D eigenvalue weighted by Crippen LogP contribution is 2.13. The largest absolute Gasteiger partial charge is 0.396 e. The maximum Gasteiger partial charge on any atom is 0.203 e. The number of hydrogen-bond acceptors (Lipinski definition) is 5. The van der Waals surface area contributed by atoms with Gasteiger partial charge in [-0.05, 0) is 20.3 Å². The fourth-order valence-corrected chi connectivity index (χ4v) is 1.54. The molecule has 0 saturated carbocycles. The molecule has 0 aliphatic carbocycles. The van der Waals surface area contributed by atoms with Gasteiger partial charge in [0.05, 0.1) is 0 Å². The van der Waals surface area contributed by atoms with Crippen LogP contribution in [-0.2, 0) is 0 Å². The normalized spacial score (nSPS) is 12.9. The summed E-state index contributed by atoms with van der Waals surface area (Å²) in [4.78, 5) is 4.23. The molecule has 2 aromatic heterocycles. The minimum Gasteiger partial charge on any atom is -0.396 e. The van der Waals surface area contributed by atoms with E-state index in [2.05, 4.69) is 20.5 Å². The van der Waals surface area contributed by atoms with Gasteiger partial charge in [-0.2, -0.15) is 0 Å². The molecule has 0 spiro atoms. The number of aliphatic hydroxyl groups is 1. The third-order valence-corrected chi connectivity index (χ3v) is 2.44. The van der Waals surface area contributed by atoms with E-state index in [4.69, 9.17) is 5.11 Å². The van der Waals surface area contributed by atoms with Crippen molar-refractivity contribution in [3.05, 3.63) is 18.2 Å². The average Bonchev–Trinajstić information content (AvgIpc) is 2.62. The zero-order valence-corrected chi connectivity index (χ0v) is 9.38. The lowest BCUT2D eigenvalue weighted by molar-refractivity contribution is 0.282. The molecule has 0 aliphatic heterocycles. The number of aliphatic hydroxyl groups excluding tert-OH is 1. The lowest BCUT2D eigenvalue weighted by atomic mass is 10.2. The fraction of sp³-hybridized carbons (Fsp3) is 0.500. The highest BCUT2D eigenvalue weighted by Gasteiger charge is 2.09. The summed E-state index contributed by atoms with van der Waals surface area (Å²) in [5.74, 6) is 1.53. The van der Waals surface area contributed by atoms with E-state index in [-0.39, 0.29) is 12.6 Å². The lowest BCUT2D eigenvalue weighted by Crippen LogP contribution is -2.18. The molecule has 1 unspecified atom stereocenters. The lowest BCUT2D eigenvalue weighted by Gasteiger charge is -2.12. The molecular formula is C10H15N5O. The molecule has 86 valence electrons. The molecule has 16 heavy (non-hydrogen) atoms. The molecule has 1 atom stereocenters. The quantitative estimate of drug-likeness (QED) is 0.791. The fourth-order valence-electron chi connectivity index (χ4n) is 1.54. The van der Waals surface area contributed by atoms with Gasteiger partial charge in [-0.25, -0.2) is 4.98 Å². The Morgan fingerprint density at radius 1 is 1.50 bits per heavy atom. The Hall–Kier alpha value is -1.69. The zero-order valence-electron chi connectivity index (χ0n) is 9.38. The van der Waals surface area contributed by atoms with Crippen LogP contribution in [0.3, 0.4) is 0 Å². The SMILES string of the molecule is Cc1nnc2c(NC(C)CCO)nccn12. The molecule has 0 radical (unpaired) electrons. The predicted octanol–water partition coefficient (Wildman–Crippen LogP) is 0.616. The van der Waals surface area contributed by atoms with Crippen molar-refractivity contribution in [3.63, 3.8) is 0 Å². The minimum atomic E-state index is 0.153. The van der Waals surface area contributed by atoms with Gasteiger partial charge >= 0.3 is 0 Å². The maximum atomic E-state index is 8.84. The monoisotopic (exact) mass is 221 g/mol. The second-order valence-electron chi connectivity index (χ2n) is 3.77. The van der Waals surface area contributed by atoms with Crippen LogP contribution in [0.25, 0.3) is 5.65 Å².